The Morgan fingerprint density at radius 1 is 1.19 bits per heavy atom. The van der Waals surface area contributed by atoms with E-state index in [1.807, 2.05) is 19.1 Å². The number of anilines is 2. The number of nitrogens with one attached hydrogen (secondary N) is 1. The van der Waals surface area contributed by atoms with Gasteiger partial charge < -0.3 is 19.1 Å². The molecule has 0 saturated carbocycles. The van der Waals surface area contributed by atoms with Gasteiger partial charge in [0.05, 0.1) is 25.6 Å². The first-order valence-electron chi connectivity index (χ1n) is 9.64. The Labute approximate surface area is 189 Å². The third-order valence-electron chi connectivity index (χ3n) is 4.90. The molecule has 0 spiro atoms. The lowest BCUT2D eigenvalue weighted by molar-refractivity contribution is -0.121. The average Bonchev–Trinajstić information content (AvgIpc) is 3.25. The highest BCUT2D eigenvalue weighted by Crippen LogP contribution is 2.37. The molecule has 0 bridgehead atoms. The zero-order valence-corrected chi connectivity index (χ0v) is 19.2. The number of rotatable bonds is 7. The molecular formula is C21H21N3O6S2. The molecule has 32 heavy (non-hydrogen) atoms. The van der Waals surface area contributed by atoms with Gasteiger partial charge in [0.1, 0.15) is 22.1 Å². The van der Waals surface area contributed by atoms with E-state index < -0.39 is 10.0 Å². The monoisotopic (exact) mass is 475 g/mol. The number of likely N-dealkylation sites (N-methyl/N-ethyl adjacent to an activating group) is 1. The number of hydrogen-bond acceptors (Lipinski definition) is 8. The maximum absolute atomic E-state index is 13.0. The molecule has 0 fully saturated rings. The van der Waals surface area contributed by atoms with Crippen LogP contribution in [0.3, 0.4) is 0 Å². The number of amides is 1. The summed E-state index contributed by atoms with van der Waals surface area (Å²) in [5, 5.41) is 1.94. The van der Waals surface area contributed by atoms with Gasteiger partial charge in [-0.1, -0.05) is 0 Å². The summed E-state index contributed by atoms with van der Waals surface area (Å²) in [6.07, 6.45) is 0. The van der Waals surface area contributed by atoms with E-state index in [1.54, 1.807) is 22.4 Å². The summed E-state index contributed by atoms with van der Waals surface area (Å²) in [6.45, 7) is 2.42. The van der Waals surface area contributed by atoms with Crippen LogP contribution < -0.4 is 23.8 Å². The molecule has 11 heteroatoms. The summed E-state index contributed by atoms with van der Waals surface area (Å²) in [4.78, 5) is 18.1. The first-order chi connectivity index (χ1) is 15.4. The van der Waals surface area contributed by atoms with Crippen molar-refractivity contribution in [2.45, 2.75) is 11.8 Å². The Morgan fingerprint density at radius 2 is 2.00 bits per heavy atom. The van der Waals surface area contributed by atoms with Crippen LogP contribution in [-0.2, 0) is 14.8 Å². The summed E-state index contributed by atoms with van der Waals surface area (Å²) < 4.78 is 44.2. The first kappa shape index (κ1) is 21.9. The SMILES string of the molecule is CCN1C(=O)COc2ccc(-c3csc(NS(=O)(=O)c4cc(OC)ccc4OC)n3)cc21. The van der Waals surface area contributed by atoms with E-state index in [4.69, 9.17) is 14.2 Å². The molecule has 168 valence electrons. The predicted octanol–water partition coefficient (Wildman–Crippen LogP) is 3.37. The lowest BCUT2D eigenvalue weighted by Crippen LogP contribution is -2.38. The van der Waals surface area contributed by atoms with Crippen molar-refractivity contribution in [2.24, 2.45) is 0 Å². The van der Waals surface area contributed by atoms with Crippen molar-refractivity contribution in [1.29, 1.82) is 0 Å². The number of hydrogen-bond donors (Lipinski definition) is 1. The van der Waals surface area contributed by atoms with Gasteiger partial charge in [-0.2, -0.15) is 0 Å². The topological polar surface area (TPSA) is 107 Å². The third-order valence-corrected chi connectivity index (χ3v) is 7.15. The number of fused-ring (bicyclic) bond motifs is 1. The molecule has 1 aromatic heterocycles. The standard InChI is InChI=1S/C21H21N3O6S2/c1-4-24-16-9-13(5-7-17(16)30-11-20(24)25)15-12-31-21(22-15)23-32(26,27)19-10-14(28-2)6-8-18(19)29-3/h5-10,12H,4,11H2,1-3H3,(H,22,23). The Balaban J connectivity index is 1.63. The third kappa shape index (κ3) is 4.08. The summed E-state index contributed by atoms with van der Waals surface area (Å²) in [5.41, 5.74) is 1.97. The molecule has 0 radical (unpaired) electrons. The van der Waals surface area contributed by atoms with Crippen molar-refractivity contribution >= 4 is 38.1 Å². The molecule has 1 N–H and O–H groups in total. The number of methoxy groups -OCH3 is 2. The van der Waals surface area contributed by atoms with Crippen LogP contribution >= 0.6 is 11.3 Å². The first-order valence-corrected chi connectivity index (χ1v) is 12.0. The summed E-state index contributed by atoms with van der Waals surface area (Å²) in [7, 11) is -1.12. The Bertz CT molecular complexity index is 1270. The number of carbonyl (C=O) groups excluding carboxylic acids is 1. The smallest absolute Gasteiger partial charge is 0.267 e. The van der Waals surface area contributed by atoms with Crippen LogP contribution in [0, 0.1) is 0 Å². The molecule has 4 rings (SSSR count). The molecule has 2 aromatic carbocycles. The van der Waals surface area contributed by atoms with Crippen LogP contribution in [0.2, 0.25) is 0 Å². The fourth-order valence-corrected chi connectivity index (χ4v) is 5.48. The number of nitrogens with zero attached hydrogens (tertiary/aromatic N) is 2. The van der Waals surface area contributed by atoms with Crippen LogP contribution in [-0.4, -0.2) is 46.7 Å². The fraction of sp³-hybridized carbons (Fsp3) is 0.238. The average molecular weight is 476 g/mol. The van der Waals surface area contributed by atoms with Gasteiger partial charge in [0, 0.05) is 23.6 Å². The molecule has 9 nitrogen and oxygen atoms in total. The van der Waals surface area contributed by atoms with E-state index in [1.165, 1.54) is 26.4 Å². The van der Waals surface area contributed by atoms with Crippen LogP contribution in [0.5, 0.6) is 17.2 Å². The molecular weight excluding hydrogens is 454 g/mol. The van der Waals surface area contributed by atoms with Crippen LogP contribution in [0.15, 0.2) is 46.7 Å². The molecule has 1 aliphatic rings. The van der Waals surface area contributed by atoms with E-state index >= 15 is 0 Å². The second-order valence-corrected chi connectivity index (χ2v) is 9.28. The van der Waals surface area contributed by atoms with Crippen molar-refractivity contribution in [1.82, 2.24) is 4.98 Å². The molecule has 2 heterocycles. The van der Waals surface area contributed by atoms with Crippen molar-refractivity contribution in [3.8, 4) is 28.5 Å². The van der Waals surface area contributed by atoms with E-state index in [0.717, 1.165) is 16.9 Å². The van der Waals surface area contributed by atoms with Crippen molar-refractivity contribution in [2.75, 3.05) is 37.0 Å². The Hall–Kier alpha value is -3.31. The Kier molecular flexibility index (Phi) is 5.94. The second-order valence-electron chi connectivity index (χ2n) is 6.77. The highest BCUT2D eigenvalue weighted by atomic mass is 32.2. The van der Waals surface area contributed by atoms with Crippen molar-refractivity contribution in [3.63, 3.8) is 0 Å². The number of thiazole rings is 1. The van der Waals surface area contributed by atoms with E-state index in [-0.39, 0.29) is 28.3 Å². The van der Waals surface area contributed by atoms with Crippen molar-refractivity contribution < 1.29 is 27.4 Å². The van der Waals surface area contributed by atoms with Crippen molar-refractivity contribution in [3.05, 3.63) is 41.8 Å². The van der Waals surface area contributed by atoms with Gasteiger partial charge in [-0.25, -0.2) is 13.4 Å². The molecule has 1 amide bonds. The molecule has 0 unspecified atom stereocenters. The van der Waals surface area contributed by atoms with Gasteiger partial charge in [0.2, 0.25) is 0 Å². The normalized spacial score (nSPS) is 13.3. The quantitative estimate of drug-likeness (QED) is 0.558. The van der Waals surface area contributed by atoms with Gasteiger partial charge >= 0.3 is 0 Å². The molecule has 1 aliphatic heterocycles. The number of benzene rings is 2. The molecule has 0 atom stereocenters. The summed E-state index contributed by atoms with van der Waals surface area (Å²) in [5.74, 6) is 1.08. The molecule has 0 saturated heterocycles. The van der Waals surface area contributed by atoms with Crippen LogP contribution in [0.25, 0.3) is 11.3 Å². The minimum absolute atomic E-state index is 0.0105. The fourth-order valence-electron chi connectivity index (χ4n) is 3.33. The lowest BCUT2D eigenvalue weighted by atomic mass is 10.1. The summed E-state index contributed by atoms with van der Waals surface area (Å²) in [6, 6.07) is 9.94. The van der Waals surface area contributed by atoms with Gasteiger partial charge in [-0.3, -0.25) is 9.52 Å². The van der Waals surface area contributed by atoms with E-state index in [9.17, 15) is 13.2 Å². The number of aromatic nitrogens is 1. The highest BCUT2D eigenvalue weighted by Gasteiger charge is 2.25. The minimum Gasteiger partial charge on any atom is -0.497 e. The number of sulfonamides is 1. The van der Waals surface area contributed by atoms with Gasteiger partial charge in [-0.15, -0.1) is 11.3 Å². The zero-order chi connectivity index (χ0) is 22.9. The van der Waals surface area contributed by atoms with Crippen LogP contribution in [0.1, 0.15) is 6.92 Å². The largest absolute Gasteiger partial charge is 0.497 e. The number of ether oxygens (including phenoxy) is 3. The maximum atomic E-state index is 13.0. The molecule has 0 aliphatic carbocycles. The minimum atomic E-state index is -3.97. The van der Waals surface area contributed by atoms with Crippen LogP contribution in [0.4, 0.5) is 10.8 Å². The highest BCUT2D eigenvalue weighted by molar-refractivity contribution is 7.93. The van der Waals surface area contributed by atoms with Gasteiger partial charge in [0.15, 0.2) is 11.7 Å². The lowest BCUT2D eigenvalue weighted by Gasteiger charge is -2.28. The molecule has 3 aromatic rings. The van der Waals surface area contributed by atoms with Gasteiger partial charge in [-0.05, 0) is 37.3 Å². The maximum Gasteiger partial charge on any atom is 0.267 e. The Morgan fingerprint density at radius 3 is 2.72 bits per heavy atom. The summed E-state index contributed by atoms with van der Waals surface area (Å²) >= 11 is 1.15. The predicted molar refractivity (Wildman–Crippen MR) is 121 cm³/mol. The number of carbonyl (C=O) groups is 1. The van der Waals surface area contributed by atoms with Gasteiger partial charge in [0.25, 0.3) is 15.9 Å². The van der Waals surface area contributed by atoms with E-state index in [2.05, 4.69) is 9.71 Å². The second kappa shape index (κ2) is 8.67. The zero-order valence-electron chi connectivity index (χ0n) is 17.6. The van der Waals surface area contributed by atoms with E-state index in [0.29, 0.717) is 29.4 Å².